The first-order chi connectivity index (χ1) is 12.9. The van der Waals surface area contributed by atoms with Gasteiger partial charge in [0, 0.05) is 13.1 Å². The van der Waals surface area contributed by atoms with Gasteiger partial charge in [0.1, 0.15) is 6.21 Å². The molecule has 0 saturated heterocycles. The van der Waals surface area contributed by atoms with Gasteiger partial charge in [0.25, 0.3) is 5.95 Å². The molecule has 140 valence electrons. The van der Waals surface area contributed by atoms with E-state index in [1.807, 2.05) is 0 Å². The highest BCUT2D eigenvalue weighted by Crippen LogP contribution is 2.14. The maximum Gasteiger partial charge on any atom is 0.357 e. The Morgan fingerprint density at radius 2 is 1.56 bits per heavy atom. The van der Waals surface area contributed by atoms with Gasteiger partial charge in [-0.15, -0.1) is 13.2 Å². The van der Waals surface area contributed by atoms with E-state index in [-0.39, 0.29) is 35.8 Å². The number of nitrogen functional groups attached to an aromatic ring is 3. The summed E-state index contributed by atoms with van der Waals surface area (Å²) in [6.07, 6.45) is 4.14. The van der Waals surface area contributed by atoms with Crippen LogP contribution in [0.15, 0.2) is 30.3 Å². The molecule has 2 aromatic rings. The normalized spacial score (nSPS) is 10.5. The molecule has 0 aliphatic carbocycles. The van der Waals surface area contributed by atoms with Gasteiger partial charge in [-0.1, -0.05) is 12.2 Å². The molecule has 0 aliphatic heterocycles. The minimum Gasteiger partial charge on any atom is -0.386 e. The number of hydrogen-bond donors (Lipinski definition) is 3. The van der Waals surface area contributed by atoms with Crippen LogP contribution in [0.1, 0.15) is 0 Å². The summed E-state index contributed by atoms with van der Waals surface area (Å²) < 4.78 is 4.83. The third-order valence-corrected chi connectivity index (χ3v) is 2.74. The molecule has 0 unspecified atom stereocenters. The number of carbonyl (C=O) groups excluding carboxylic acids is 1. The predicted octanol–water partition coefficient (Wildman–Crippen LogP) is -0.710. The summed E-state index contributed by atoms with van der Waals surface area (Å²) in [6, 6.07) is -0.365. The van der Waals surface area contributed by atoms with Crippen molar-refractivity contribution >= 4 is 41.9 Å². The Morgan fingerprint density at radius 3 is 2.15 bits per heavy atom. The first-order valence-electron chi connectivity index (χ1n) is 7.42. The third-order valence-electron chi connectivity index (χ3n) is 2.74. The van der Waals surface area contributed by atoms with Gasteiger partial charge in [-0.25, -0.2) is 9.79 Å². The van der Waals surface area contributed by atoms with E-state index in [4.69, 9.17) is 21.9 Å². The average molecular weight is 371 g/mol. The van der Waals surface area contributed by atoms with Gasteiger partial charge in [0.2, 0.25) is 23.8 Å². The Morgan fingerprint density at radius 1 is 0.963 bits per heavy atom. The zero-order valence-electron chi connectivity index (χ0n) is 14.2. The molecule has 13 heteroatoms. The number of esters is 1. The van der Waals surface area contributed by atoms with Crippen LogP contribution in [-0.2, 0) is 4.79 Å². The van der Waals surface area contributed by atoms with E-state index in [0.29, 0.717) is 13.1 Å². The molecule has 13 nitrogen and oxygen atoms in total. The quantitative estimate of drug-likeness (QED) is 0.300. The smallest absolute Gasteiger partial charge is 0.357 e. The number of hydrogen-bond acceptors (Lipinski definition) is 13. The molecule has 0 saturated carbocycles. The molecule has 0 bridgehead atoms. The van der Waals surface area contributed by atoms with Gasteiger partial charge in [-0.3, -0.25) is 0 Å². The summed E-state index contributed by atoms with van der Waals surface area (Å²) >= 11 is 0. The van der Waals surface area contributed by atoms with Crippen molar-refractivity contribution in [1.82, 2.24) is 29.9 Å². The van der Waals surface area contributed by atoms with Gasteiger partial charge >= 0.3 is 12.0 Å². The Bertz CT molecular complexity index is 853. The van der Waals surface area contributed by atoms with E-state index in [1.165, 1.54) is 0 Å². The molecule has 0 amide bonds. The molecule has 0 aliphatic rings. The number of aromatic nitrogens is 6. The van der Waals surface area contributed by atoms with E-state index in [0.717, 1.165) is 6.21 Å². The molecule has 6 N–H and O–H groups in total. The highest BCUT2D eigenvalue weighted by Gasteiger charge is 2.11. The van der Waals surface area contributed by atoms with Crippen molar-refractivity contribution < 1.29 is 9.53 Å². The third kappa shape index (κ3) is 5.70. The zero-order valence-corrected chi connectivity index (χ0v) is 14.2. The SMILES string of the molecule is C=CCN(CC=C)c1nc(N)nc(N=CC(=O)Oc2nc(N)nc(N)n2)n1. The van der Waals surface area contributed by atoms with Gasteiger partial charge in [-0.2, -0.15) is 29.9 Å². The number of aliphatic imine (C=N–C) groups is 1. The van der Waals surface area contributed by atoms with Crippen LogP contribution in [-0.4, -0.2) is 55.2 Å². The van der Waals surface area contributed by atoms with Crippen LogP contribution in [0.25, 0.3) is 0 Å². The van der Waals surface area contributed by atoms with Crippen LogP contribution in [0.5, 0.6) is 6.01 Å². The first-order valence-corrected chi connectivity index (χ1v) is 7.42. The number of ether oxygens (including phenoxy) is 1. The summed E-state index contributed by atoms with van der Waals surface area (Å²) in [6.45, 7) is 8.22. The predicted molar refractivity (Wildman–Crippen MR) is 99.3 cm³/mol. The standard InChI is InChI=1S/C14H17N11O2/c1-3-5-25(6-4-2)13-21-11(17)20-12(24-13)18-7-8(26)27-14-22-9(15)19-10(16)23-14/h3-4,7H,1-2,5-6H2,(H2,17,20,21,24)(H4,15,16,19,22,23). The molecular formula is C14H17N11O2. The summed E-state index contributed by atoms with van der Waals surface area (Å²) in [7, 11) is 0. The molecule has 2 heterocycles. The molecule has 0 radical (unpaired) electrons. The average Bonchev–Trinajstić information content (AvgIpc) is 2.58. The maximum atomic E-state index is 11.8. The van der Waals surface area contributed by atoms with Crippen molar-refractivity contribution in [2.75, 3.05) is 35.2 Å². The Labute approximate surface area is 153 Å². The Balaban J connectivity index is 2.16. The van der Waals surface area contributed by atoms with E-state index >= 15 is 0 Å². The van der Waals surface area contributed by atoms with Crippen molar-refractivity contribution in [3.8, 4) is 6.01 Å². The maximum absolute atomic E-state index is 11.8. The monoisotopic (exact) mass is 371 g/mol. The van der Waals surface area contributed by atoms with Crippen LogP contribution < -0.4 is 26.8 Å². The van der Waals surface area contributed by atoms with Crippen molar-refractivity contribution in [1.29, 1.82) is 0 Å². The molecule has 0 atom stereocenters. The van der Waals surface area contributed by atoms with Crippen LogP contribution in [0.2, 0.25) is 0 Å². The second kappa shape index (κ2) is 8.80. The molecule has 27 heavy (non-hydrogen) atoms. The van der Waals surface area contributed by atoms with Gasteiger partial charge in [0.15, 0.2) is 0 Å². The lowest BCUT2D eigenvalue weighted by atomic mass is 10.4. The van der Waals surface area contributed by atoms with Gasteiger partial charge in [0.05, 0.1) is 0 Å². The molecule has 2 aromatic heterocycles. The van der Waals surface area contributed by atoms with E-state index in [2.05, 4.69) is 48.1 Å². The highest BCUT2D eigenvalue weighted by atomic mass is 16.5. The fourth-order valence-corrected chi connectivity index (χ4v) is 1.78. The number of rotatable bonds is 8. The summed E-state index contributed by atoms with van der Waals surface area (Å²) in [5.41, 5.74) is 16.4. The second-order valence-electron chi connectivity index (χ2n) is 4.79. The Hall–Kier alpha value is -4.16. The van der Waals surface area contributed by atoms with Crippen LogP contribution in [0.4, 0.5) is 29.7 Å². The topological polar surface area (TPSA) is 197 Å². The molecule has 0 fully saturated rings. The fourth-order valence-electron chi connectivity index (χ4n) is 1.78. The summed E-state index contributed by atoms with van der Waals surface area (Å²) in [4.78, 5) is 40.1. The highest BCUT2D eigenvalue weighted by molar-refractivity contribution is 6.24. The molecule has 0 aromatic carbocycles. The lowest BCUT2D eigenvalue weighted by Crippen LogP contribution is -2.25. The van der Waals surface area contributed by atoms with Crippen molar-refractivity contribution in [2.24, 2.45) is 4.99 Å². The Kier molecular flexibility index (Phi) is 6.24. The number of anilines is 4. The molecule has 0 spiro atoms. The first kappa shape index (κ1) is 19.2. The van der Waals surface area contributed by atoms with Crippen LogP contribution in [0.3, 0.4) is 0 Å². The summed E-state index contributed by atoms with van der Waals surface area (Å²) in [5, 5.41) is 0. The van der Waals surface area contributed by atoms with E-state index in [9.17, 15) is 4.79 Å². The van der Waals surface area contributed by atoms with Crippen LogP contribution >= 0.6 is 0 Å². The number of carbonyl (C=O) groups is 1. The number of nitrogens with two attached hydrogens (primary N) is 3. The van der Waals surface area contributed by atoms with Crippen molar-refractivity contribution in [3.63, 3.8) is 0 Å². The lowest BCUT2D eigenvalue weighted by Gasteiger charge is -2.18. The van der Waals surface area contributed by atoms with Crippen molar-refractivity contribution in [3.05, 3.63) is 25.3 Å². The molecule has 2 rings (SSSR count). The van der Waals surface area contributed by atoms with Crippen molar-refractivity contribution in [2.45, 2.75) is 0 Å². The van der Waals surface area contributed by atoms with Crippen LogP contribution in [0, 0.1) is 0 Å². The number of nitrogens with zero attached hydrogens (tertiary/aromatic N) is 8. The lowest BCUT2D eigenvalue weighted by molar-refractivity contribution is -0.126. The second-order valence-corrected chi connectivity index (χ2v) is 4.79. The minimum atomic E-state index is -0.908. The van der Waals surface area contributed by atoms with E-state index in [1.54, 1.807) is 17.1 Å². The van der Waals surface area contributed by atoms with E-state index < -0.39 is 5.97 Å². The van der Waals surface area contributed by atoms with Gasteiger partial charge < -0.3 is 26.8 Å². The van der Waals surface area contributed by atoms with Gasteiger partial charge in [-0.05, 0) is 0 Å². The minimum absolute atomic E-state index is 0.0725. The molecular weight excluding hydrogens is 354 g/mol. The zero-order chi connectivity index (χ0) is 19.8. The fraction of sp³-hybridized carbons (Fsp3) is 0.143. The largest absolute Gasteiger partial charge is 0.386 e. The summed E-state index contributed by atoms with van der Waals surface area (Å²) in [5.74, 6) is -1.21.